The van der Waals surface area contributed by atoms with E-state index in [0.717, 1.165) is 29.9 Å². The molecule has 2 N–H and O–H groups in total. The molecule has 18 nitrogen and oxygen atoms in total. The van der Waals surface area contributed by atoms with Crippen molar-refractivity contribution in [2.75, 3.05) is 131 Å². The molecule has 0 aromatic heterocycles. The second-order valence-electron chi connectivity index (χ2n) is 16.9. The van der Waals surface area contributed by atoms with Gasteiger partial charge < -0.3 is 52.7 Å². The van der Waals surface area contributed by atoms with Gasteiger partial charge in [0, 0.05) is 19.4 Å². The Hall–Kier alpha value is -4.37. The maximum Gasteiger partial charge on any atom is 0.264 e. The van der Waals surface area contributed by atoms with Gasteiger partial charge in [0.2, 0.25) is 17.7 Å². The van der Waals surface area contributed by atoms with Gasteiger partial charge in [-0.1, -0.05) is 70.1 Å². The summed E-state index contributed by atoms with van der Waals surface area (Å²) >= 11 is 0. The molecular weight excluding hydrogens is 907 g/mol. The molecule has 1 fully saturated rings. The first-order valence-corrected chi connectivity index (χ1v) is 25.4. The van der Waals surface area contributed by atoms with Crippen molar-refractivity contribution in [2.24, 2.45) is 0 Å². The summed E-state index contributed by atoms with van der Waals surface area (Å²) in [5, 5.41) is 4.92. The highest BCUT2D eigenvalue weighted by molar-refractivity contribution is 6.26. The average Bonchev–Trinajstić information content (AvgIpc) is 3.61. The number of carbonyl (C=O) groups excluding carboxylic acids is 5. The van der Waals surface area contributed by atoms with Crippen molar-refractivity contribution in [3.8, 4) is 5.75 Å². The molecule has 0 bridgehead atoms. The van der Waals surface area contributed by atoms with Crippen LogP contribution in [0.3, 0.4) is 0 Å². The van der Waals surface area contributed by atoms with Gasteiger partial charge in [0.25, 0.3) is 11.8 Å². The quantitative estimate of drug-likeness (QED) is 0.0568. The van der Waals surface area contributed by atoms with E-state index in [0.29, 0.717) is 132 Å². The molecule has 0 radical (unpaired) electrons. The fourth-order valence-electron chi connectivity index (χ4n) is 7.62. The third-order valence-corrected chi connectivity index (χ3v) is 11.4. The second-order valence-corrected chi connectivity index (χ2v) is 16.9. The van der Waals surface area contributed by atoms with Gasteiger partial charge in [0.05, 0.1) is 129 Å². The number of hydrogen-bond donors (Lipinski definition) is 2. The highest BCUT2D eigenvalue weighted by atomic mass is 16.6. The van der Waals surface area contributed by atoms with E-state index in [-0.39, 0.29) is 42.0 Å². The maximum atomic E-state index is 13.2. The van der Waals surface area contributed by atoms with Gasteiger partial charge in [0.15, 0.2) is 0 Å². The van der Waals surface area contributed by atoms with Crippen LogP contribution in [-0.4, -0.2) is 166 Å². The Bertz CT molecular complexity index is 1780. The number of carbonyl (C=O) groups is 5. The number of nitrogens with one attached hydrogen (secondary N) is 2. The van der Waals surface area contributed by atoms with Crippen LogP contribution in [0.1, 0.15) is 117 Å². The van der Waals surface area contributed by atoms with Crippen LogP contribution in [0.4, 0.5) is 5.69 Å². The lowest BCUT2D eigenvalue weighted by Crippen LogP contribution is -2.54. The Morgan fingerprint density at radius 2 is 1.04 bits per heavy atom. The van der Waals surface area contributed by atoms with Gasteiger partial charge in [0.1, 0.15) is 18.4 Å². The lowest BCUT2D eigenvalue weighted by Gasteiger charge is -2.27. The molecule has 5 amide bonds. The van der Waals surface area contributed by atoms with E-state index in [4.69, 9.17) is 47.4 Å². The number of fused-ring (bicyclic) bond motifs is 1. The summed E-state index contributed by atoms with van der Waals surface area (Å²) in [5.74, 6) is -1.84. The molecule has 2 aliphatic rings. The molecule has 0 aliphatic carbocycles. The smallest absolute Gasteiger partial charge is 0.264 e. The molecule has 18 heteroatoms. The van der Waals surface area contributed by atoms with Crippen molar-refractivity contribution in [3.05, 3.63) is 59.2 Å². The summed E-state index contributed by atoms with van der Waals surface area (Å²) in [6, 6.07) is 12.0. The molecule has 2 aliphatic heterocycles. The molecule has 2 aromatic carbocycles. The molecule has 4 rings (SSSR count). The SMILES string of the molecule is CCCCCCCCCc1ccc(OCCOCCOCCOCCOCCOCCOCCOCCOCCOCCCCCC(=O)Nc2cccc3c2C(=O)N(C2CCC(=O)NC2=O)C3=O)cc1. The Morgan fingerprint density at radius 3 is 1.57 bits per heavy atom. The summed E-state index contributed by atoms with van der Waals surface area (Å²) in [6.07, 6.45) is 12.9. The summed E-state index contributed by atoms with van der Waals surface area (Å²) in [7, 11) is 0. The zero-order chi connectivity index (χ0) is 49.7. The molecule has 1 saturated heterocycles. The van der Waals surface area contributed by atoms with Crippen LogP contribution in [0.2, 0.25) is 0 Å². The van der Waals surface area contributed by atoms with Crippen LogP contribution in [-0.2, 0) is 63.4 Å². The first-order chi connectivity index (χ1) is 34.4. The minimum Gasteiger partial charge on any atom is -0.491 e. The Kier molecular flexibility index (Phi) is 31.1. The molecular formula is C52H79N3O15. The van der Waals surface area contributed by atoms with E-state index < -0.39 is 29.7 Å². The molecule has 2 aromatic rings. The highest BCUT2D eigenvalue weighted by Gasteiger charge is 2.45. The fourth-order valence-corrected chi connectivity index (χ4v) is 7.62. The summed E-state index contributed by atoms with van der Waals surface area (Å²) in [6.45, 7) is 11.4. The summed E-state index contributed by atoms with van der Waals surface area (Å²) in [5.41, 5.74) is 1.75. The molecule has 2 heterocycles. The lowest BCUT2D eigenvalue weighted by atomic mass is 10.0. The van der Waals surface area contributed by atoms with Crippen LogP contribution in [0.5, 0.6) is 5.75 Å². The van der Waals surface area contributed by atoms with E-state index in [1.54, 1.807) is 12.1 Å². The van der Waals surface area contributed by atoms with Crippen LogP contribution in [0.25, 0.3) is 0 Å². The zero-order valence-electron chi connectivity index (χ0n) is 41.5. The molecule has 0 saturated carbocycles. The van der Waals surface area contributed by atoms with Crippen LogP contribution < -0.4 is 15.4 Å². The number of imide groups is 2. The van der Waals surface area contributed by atoms with Crippen LogP contribution in [0.15, 0.2) is 42.5 Å². The molecule has 70 heavy (non-hydrogen) atoms. The number of rotatable bonds is 44. The minimum absolute atomic E-state index is 0.0277. The van der Waals surface area contributed by atoms with E-state index >= 15 is 0 Å². The van der Waals surface area contributed by atoms with Crippen LogP contribution in [0, 0.1) is 0 Å². The van der Waals surface area contributed by atoms with E-state index in [2.05, 4.69) is 29.7 Å². The molecule has 1 unspecified atom stereocenters. The third-order valence-electron chi connectivity index (χ3n) is 11.4. The summed E-state index contributed by atoms with van der Waals surface area (Å²) < 4.78 is 55.8. The van der Waals surface area contributed by atoms with Gasteiger partial charge in [-0.15, -0.1) is 0 Å². The Labute approximate surface area is 414 Å². The van der Waals surface area contributed by atoms with Crippen molar-refractivity contribution >= 4 is 35.2 Å². The molecule has 392 valence electrons. The van der Waals surface area contributed by atoms with Gasteiger partial charge in [-0.3, -0.25) is 34.2 Å². The van der Waals surface area contributed by atoms with E-state index in [1.807, 2.05) is 12.1 Å². The Balaban J connectivity index is 0.805. The third kappa shape index (κ3) is 24.2. The number of unbranched alkanes of at least 4 members (excludes halogenated alkanes) is 8. The second kappa shape index (κ2) is 37.4. The molecule has 0 spiro atoms. The highest BCUT2D eigenvalue weighted by Crippen LogP contribution is 2.32. The number of benzene rings is 2. The number of aryl methyl sites for hydroxylation is 1. The fraction of sp³-hybridized carbons (Fsp3) is 0.673. The van der Waals surface area contributed by atoms with E-state index in [1.165, 1.54) is 56.6 Å². The predicted molar refractivity (Wildman–Crippen MR) is 261 cm³/mol. The van der Waals surface area contributed by atoms with Crippen molar-refractivity contribution in [1.29, 1.82) is 0 Å². The van der Waals surface area contributed by atoms with Crippen molar-refractivity contribution < 1.29 is 71.3 Å². The topological polar surface area (TPSA) is 205 Å². The monoisotopic (exact) mass is 986 g/mol. The number of piperidine rings is 1. The van der Waals surface area contributed by atoms with Gasteiger partial charge in [-0.05, 0) is 61.9 Å². The first-order valence-electron chi connectivity index (χ1n) is 25.4. The van der Waals surface area contributed by atoms with Crippen molar-refractivity contribution in [3.63, 3.8) is 0 Å². The van der Waals surface area contributed by atoms with E-state index in [9.17, 15) is 24.0 Å². The number of ether oxygens (including phenoxy) is 10. The lowest BCUT2D eigenvalue weighted by molar-refractivity contribution is -0.136. The van der Waals surface area contributed by atoms with Gasteiger partial charge >= 0.3 is 0 Å². The number of nitrogens with zero attached hydrogens (tertiary/aromatic N) is 1. The standard InChI is InChI=1S/C52H79N3O15/c1-2-3-4-5-6-7-9-13-42-17-19-43(20-18-42)70-41-40-69-39-38-68-37-36-67-35-34-66-33-32-65-31-30-64-29-28-63-27-26-62-25-24-61-23-11-8-10-16-47(56)53-45-15-12-14-44-49(45)52(60)55(51(44)59)46-21-22-48(57)54-50(46)58/h12,14-15,17-20,46H,2-11,13,16,21-41H2,1H3,(H,53,56)(H,54,57,58). The zero-order valence-corrected chi connectivity index (χ0v) is 41.5. The minimum atomic E-state index is -1.07. The number of hydrogen-bond acceptors (Lipinski definition) is 15. The summed E-state index contributed by atoms with van der Waals surface area (Å²) in [4.78, 5) is 63.7. The number of anilines is 1. The predicted octanol–water partition coefficient (Wildman–Crippen LogP) is 6.11. The largest absolute Gasteiger partial charge is 0.491 e. The number of amides is 5. The average molecular weight is 986 g/mol. The molecule has 1 atom stereocenters. The maximum absolute atomic E-state index is 13.2. The van der Waals surface area contributed by atoms with Crippen LogP contribution >= 0.6 is 0 Å². The van der Waals surface area contributed by atoms with Gasteiger partial charge in [-0.25, -0.2) is 0 Å². The first kappa shape index (κ1) is 58.2. The van der Waals surface area contributed by atoms with Gasteiger partial charge in [-0.2, -0.15) is 0 Å². The van der Waals surface area contributed by atoms with Crippen molar-refractivity contribution in [1.82, 2.24) is 10.2 Å². The van der Waals surface area contributed by atoms with Crippen molar-refractivity contribution in [2.45, 2.75) is 103 Å². The normalized spacial score (nSPS) is 14.6. The Morgan fingerprint density at radius 1 is 0.557 bits per heavy atom.